The number of hydrogen-bond acceptors (Lipinski definition) is 2. The van der Waals surface area contributed by atoms with Gasteiger partial charge in [-0.3, -0.25) is 4.79 Å². The Morgan fingerprint density at radius 2 is 2.11 bits per heavy atom. The summed E-state index contributed by atoms with van der Waals surface area (Å²) in [6.45, 7) is 2.99. The molecular formula is C16H17NOS. The molecule has 0 radical (unpaired) electrons. The molecule has 0 fully saturated rings. The Morgan fingerprint density at radius 1 is 1.26 bits per heavy atom. The van der Waals surface area contributed by atoms with Crippen molar-refractivity contribution < 1.29 is 4.79 Å². The Balaban J connectivity index is 2.03. The number of aryl methyl sites for hydroxylation is 1. The second-order valence-electron chi connectivity index (χ2n) is 4.97. The lowest BCUT2D eigenvalue weighted by atomic mass is 9.96. The van der Waals surface area contributed by atoms with Crippen molar-refractivity contribution in [2.75, 3.05) is 13.6 Å². The largest absolute Gasteiger partial charge is 0.341 e. The highest BCUT2D eigenvalue weighted by molar-refractivity contribution is 7.15. The minimum atomic E-state index is 0.148. The van der Waals surface area contributed by atoms with Crippen molar-refractivity contribution in [1.82, 2.24) is 4.90 Å². The van der Waals surface area contributed by atoms with E-state index >= 15 is 0 Å². The molecule has 0 saturated carbocycles. The summed E-state index contributed by atoms with van der Waals surface area (Å²) in [6, 6.07) is 10.6. The van der Waals surface area contributed by atoms with Gasteiger partial charge in [-0.25, -0.2) is 0 Å². The average Bonchev–Trinajstić information content (AvgIpc) is 2.92. The van der Waals surface area contributed by atoms with Gasteiger partial charge in [0.1, 0.15) is 0 Å². The van der Waals surface area contributed by atoms with Crippen LogP contribution in [0.25, 0.3) is 10.4 Å². The van der Waals surface area contributed by atoms with Crippen molar-refractivity contribution in [3.63, 3.8) is 0 Å². The fourth-order valence-electron chi connectivity index (χ4n) is 2.47. The number of hydrogen-bond donors (Lipinski definition) is 0. The highest BCUT2D eigenvalue weighted by atomic mass is 32.1. The number of carbonyl (C=O) groups excluding carboxylic acids is 1. The van der Waals surface area contributed by atoms with Crippen molar-refractivity contribution in [3.8, 4) is 10.4 Å². The first-order valence-corrected chi connectivity index (χ1v) is 7.48. The van der Waals surface area contributed by atoms with Crippen LogP contribution in [0, 0.1) is 0 Å². The van der Waals surface area contributed by atoms with E-state index in [-0.39, 0.29) is 5.91 Å². The van der Waals surface area contributed by atoms with E-state index < -0.39 is 0 Å². The molecule has 0 N–H and O–H groups in total. The zero-order chi connectivity index (χ0) is 13.4. The Bertz CT molecular complexity index is 629. The molecule has 0 unspecified atom stereocenters. The lowest BCUT2D eigenvalue weighted by Crippen LogP contribution is -2.34. The number of likely N-dealkylation sites (N-methyl/N-ethyl adjacent to an activating group) is 1. The molecule has 0 atom stereocenters. The van der Waals surface area contributed by atoms with Gasteiger partial charge in [0.2, 0.25) is 0 Å². The van der Waals surface area contributed by atoms with Crippen LogP contribution in [0.4, 0.5) is 0 Å². The van der Waals surface area contributed by atoms with Gasteiger partial charge in [0.25, 0.3) is 5.91 Å². The van der Waals surface area contributed by atoms with Gasteiger partial charge in [0.05, 0.1) is 0 Å². The number of fused-ring (bicyclic) bond motifs is 1. The maximum atomic E-state index is 12.2. The van der Waals surface area contributed by atoms with Gasteiger partial charge >= 0.3 is 0 Å². The quantitative estimate of drug-likeness (QED) is 0.817. The fourth-order valence-corrected chi connectivity index (χ4v) is 3.41. The van der Waals surface area contributed by atoms with E-state index in [1.165, 1.54) is 15.3 Å². The van der Waals surface area contributed by atoms with Crippen molar-refractivity contribution in [2.24, 2.45) is 0 Å². The second kappa shape index (κ2) is 4.82. The van der Waals surface area contributed by atoms with Crippen LogP contribution in [0.5, 0.6) is 0 Å². The van der Waals surface area contributed by atoms with Gasteiger partial charge in [-0.15, -0.1) is 11.3 Å². The first kappa shape index (κ1) is 12.4. The van der Waals surface area contributed by atoms with E-state index in [1.807, 2.05) is 18.4 Å². The molecule has 0 aliphatic carbocycles. The topological polar surface area (TPSA) is 20.3 Å². The summed E-state index contributed by atoms with van der Waals surface area (Å²) in [5, 5.41) is 0. The van der Waals surface area contributed by atoms with E-state index in [1.54, 1.807) is 4.90 Å². The smallest absolute Gasteiger partial charge is 0.253 e. The maximum absolute atomic E-state index is 12.2. The van der Waals surface area contributed by atoms with Gasteiger partial charge in [-0.2, -0.15) is 0 Å². The van der Waals surface area contributed by atoms with Crippen LogP contribution in [-0.2, 0) is 12.8 Å². The molecule has 1 aliphatic rings. The Labute approximate surface area is 117 Å². The summed E-state index contributed by atoms with van der Waals surface area (Å²) in [5.74, 6) is 0.148. The highest BCUT2D eigenvalue weighted by Crippen LogP contribution is 2.31. The molecule has 0 bridgehead atoms. The third kappa shape index (κ3) is 2.19. The van der Waals surface area contributed by atoms with E-state index in [4.69, 9.17) is 0 Å². The van der Waals surface area contributed by atoms with Gasteiger partial charge < -0.3 is 4.90 Å². The summed E-state index contributed by atoms with van der Waals surface area (Å²) >= 11 is 1.81. The van der Waals surface area contributed by atoms with Crippen LogP contribution in [0.15, 0.2) is 30.3 Å². The van der Waals surface area contributed by atoms with Crippen LogP contribution in [-0.4, -0.2) is 24.4 Å². The van der Waals surface area contributed by atoms with Crippen LogP contribution < -0.4 is 0 Å². The molecular weight excluding hydrogens is 254 g/mol. The first-order chi connectivity index (χ1) is 9.19. The highest BCUT2D eigenvalue weighted by Gasteiger charge is 2.21. The summed E-state index contributed by atoms with van der Waals surface area (Å²) in [6.07, 6.45) is 2.03. The predicted molar refractivity (Wildman–Crippen MR) is 79.8 cm³/mol. The number of carbonyl (C=O) groups is 1. The maximum Gasteiger partial charge on any atom is 0.253 e. The third-order valence-electron chi connectivity index (χ3n) is 3.70. The van der Waals surface area contributed by atoms with Crippen LogP contribution >= 0.6 is 11.3 Å². The van der Waals surface area contributed by atoms with Crippen molar-refractivity contribution in [3.05, 3.63) is 46.3 Å². The summed E-state index contributed by atoms with van der Waals surface area (Å²) in [7, 11) is 1.87. The molecule has 1 amide bonds. The molecule has 2 nitrogen and oxygen atoms in total. The van der Waals surface area contributed by atoms with E-state index in [9.17, 15) is 4.79 Å². The normalized spacial score (nSPS) is 14.6. The van der Waals surface area contributed by atoms with Crippen LogP contribution in [0.2, 0.25) is 0 Å². The number of nitrogens with zero attached hydrogens (tertiary/aromatic N) is 1. The molecule has 0 saturated heterocycles. The minimum Gasteiger partial charge on any atom is -0.341 e. The van der Waals surface area contributed by atoms with Crippen LogP contribution in [0.1, 0.15) is 27.7 Å². The number of amides is 1. The molecule has 1 aromatic heterocycles. The molecule has 2 heterocycles. The summed E-state index contributed by atoms with van der Waals surface area (Å²) in [4.78, 5) is 16.6. The summed E-state index contributed by atoms with van der Waals surface area (Å²) in [5.41, 5.74) is 3.21. The Hall–Kier alpha value is -1.61. The third-order valence-corrected chi connectivity index (χ3v) is 4.98. The van der Waals surface area contributed by atoms with Crippen LogP contribution in [0.3, 0.4) is 0 Å². The summed E-state index contributed by atoms with van der Waals surface area (Å²) < 4.78 is 0. The monoisotopic (exact) mass is 271 g/mol. The SMILES string of the molecule is CCc1ccc(-c2ccc3c(c2)C(=O)N(C)CC3)s1. The van der Waals surface area contributed by atoms with Crippen molar-refractivity contribution >= 4 is 17.2 Å². The zero-order valence-electron chi connectivity index (χ0n) is 11.3. The molecule has 0 spiro atoms. The molecule has 3 heteroatoms. The molecule has 1 aliphatic heterocycles. The van der Waals surface area contributed by atoms with E-state index in [0.717, 1.165) is 30.5 Å². The number of thiophene rings is 1. The van der Waals surface area contributed by atoms with E-state index in [2.05, 4.69) is 37.3 Å². The molecule has 1 aromatic carbocycles. The van der Waals surface area contributed by atoms with Crippen molar-refractivity contribution in [1.29, 1.82) is 0 Å². The predicted octanol–water partition coefficient (Wildman–Crippen LogP) is 3.61. The second-order valence-corrected chi connectivity index (χ2v) is 6.14. The lowest BCUT2D eigenvalue weighted by molar-refractivity contribution is 0.0781. The number of benzene rings is 1. The van der Waals surface area contributed by atoms with Gasteiger partial charge in [-0.05, 0) is 42.2 Å². The molecule has 3 rings (SSSR count). The molecule has 2 aromatic rings. The minimum absolute atomic E-state index is 0.148. The zero-order valence-corrected chi connectivity index (χ0v) is 12.1. The first-order valence-electron chi connectivity index (χ1n) is 6.66. The van der Waals surface area contributed by atoms with Gasteiger partial charge in [-0.1, -0.05) is 19.1 Å². The molecule has 98 valence electrons. The Morgan fingerprint density at radius 3 is 2.84 bits per heavy atom. The van der Waals surface area contributed by atoms with Gasteiger partial charge in [0.15, 0.2) is 0 Å². The number of rotatable bonds is 2. The standard InChI is InChI=1S/C16H17NOS/c1-3-13-6-7-15(19-13)12-5-4-11-8-9-17(2)16(18)14(11)10-12/h4-7,10H,3,8-9H2,1-2H3. The van der Waals surface area contributed by atoms with Crippen molar-refractivity contribution in [2.45, 2.75) is 19.8 Å². The molecule has 19 heavy (non-hydrogen) atoms. The van der Waals surface area contributed by atoms with E-state index in [0.29, 0.717) is 0 Å². The van der Waals surface area contributed by atoms with Gasteiger partial charge in [0, 0.05) is 28.9 Å². The lowest BCUT2D eigenvalue weighted by Gasteiger charge is -2.25. The fraction of sp³-hybridized carbons (Fsp3) is 0.312. The average molecular weight is 271 g/mol. The Kier molecular flexibility index (Phi) is 3.15.